The lowest BCUT2D eigenvalue weighted by Crippen LogP contribution is -2.35. The summed E-state index contributed by atoms with van der Waals surface area (Å²) in [6, 6.07) is 7.65. The molecule has 2 unspecified atom stereocenters. The van der Waals surface area contributed by atoms with Crippen LogP contribution in [0.25, 0.3) is 0 Å². The highest BCUT2D eigenvalue weighted by Gasteiger charge is 2.15. The molecule has 1 rings (SSSR count). The van der Waals surface area contributed by atoms with E-state index in [1.807, 2.05) is 31.2 Å². The Hall–Kier alpha value is -2.04. The number of methoxy groups -OCH3 is 1. The maximum Gasteiger partial charge on any atom is 0.303 e. The molecule has 0 saturated heterocycles. The smallest absolute Gasteiger partial charge is 0.303 e. The van der Waals surface area contributed by atoms with Gasteiger partial charge in [0, 0.05) is 18.9 Å². The number of hydrogen-bond donors (Lipinski definition) is 2. The Morgan fingerprint density at radius 3 is 2.52 bits per heavy atom. The summed E-state index contributed by atoms with van der Waals surface area (Å²) in [7, 11) is 1.62. The van der Waals surface area contributed by atoms with Crippen molar-refractivity contribution in [3.63, 3.8) is 0 Å². The number of carboxylic acid groups (broad SMARTS) is 1. The molecular weight excluding hydrogens is 270 g/mol. The second-order valence-corrected chi connectivity index (χ2v) is 5.39. The fourth-order valence-electron chi connectivity index (χ4n) is 2.27. The normalized spacial score (nSPS) is 13.3. The number of ether oxygens (including phenoxy) is 1. The molecule has 5 heteroatoms. The first-order valence-corrected chi connectivity index (χ1v) is 7.05. The Bertz CT molecular complexity index is 487. The summed E-state index contributed by atoms with van der Waals surface area (Å²) in [5.41, 5.74) is 1.03. The number of amides is 1. The molecule has 1 aromatic rings. The van der Waals surface area contributed by atoms with E-state index in [4.69, 9.17) is 9.84 Å². The number of rotatable bonds is 8. The van der Waals surface area contributed by atoms with Crippen molar-refractivity contribution in [3.8, 4) is 5.75 Å². The summed E-state index contributed by atoms with van der Waals surface area (Å²) < 4.78 is 5.28. The van der Waals surface area contributed by atoms with Crippen molar-refractivity contribution in [2.75, 3.05) is 7.11 Å². The highest BCUT2D eigenvalue weighted by atomic mass is 16.5. The van der Waals surface area contributed by atoms with Gasteiger partial charge in [0.05, 0.1) is 7.11 Å². The van der Waals surface area contributed by atoms with Crippen molar-refractivity contribution < 1.29 is 19.4 Å². The molecule has 0 bridgehead atoms. The molecule has 0 aliphatic heterocycles. The van der Waals surface area contributed by atoms with Gasteiger partial charge in [0.15, 0.2) is 0 Å². The Morgan fingerprint density at radius 2 is 1.90 bits per heavy atom. The molecule has 0 aromatic heterocycles. The van der Waals surface area contributed by atoms with Crippen molar-refractivity contribution >= 4 is 11.9 Å². The number of aliphatic carboxylic acids is 1. The van der Waals surface area contributed by atoms with Gasteiger partial charge in [0.25, 0.3) is 0 Å². The van der Waals surface area contributed by atoms with Crippen LogP contribution in [0.15, 0.2) is 24.3 Å². The van der Waals surface area contributed by atoms with E-state index in [1.54, 1.807) is 14.0 Å². The fraction of sp³-hybridized carbons (Fsp3) is 0.500. The van der Waals surface area contributed by atoms with E-state index >= 15 is 0 Å². The van der Waals surface area contributed by atoms with Gasteiger partial charge < -0.3 is 15.2 Å². The maximum absolute atomic E-state index is 11.9. The Morgan fingerprint density at radius 1 is 1.24 bits per heavy atom. The van der Waals surface area contributed by atoms with Crippen LogP contribution in [-0.4, -0.2) is 30.1 Å². The zero-order valence-electron chi connectivity index (χ0n) is 12.8. The summed E-state index contributed by atoms with van der Waals surface area (Å²) in [4.78, 5) is 22.4. The van der Waals surface area contributed by atoms with Gasteiger partial charge in [-0.1, -0.05) is 25.1 Å². The first kappa shape index (κ1) is 17.0. The van der Waals surface area contributed by atoms with Crippen molar-refractivity contribution in [2.24, 2.45) is 5.92 Å². The molecule has 5 nitrogen and oxygen atoms in total. The van der Waals surface area contributed by atoms with Crippen molar-refractivity contribution in [1.29, 1.82) is 0 Å². The second-order valence-electron chi connectivity index (χ2n) is 5.39. The predicted molar refractivity (Wildman–Crippen MR) is 80.3 cm³/mol. The van der Waals surface area contributed by atoms with Gasteiger partial charge in [-0.2, -0.15) is 0 Å². The Balaban J connectivity index is 2.47. The third kappa shape index (κ3) is 6.29. The number of benzene rings is 1. The number of para-hydroxylation sites is 1. The van der Waals surface area contributed by atoms with Crippen LogP contribution in [0.2, 0.25) is 0 Å². The molecule has 0 fully saturated rings. The van der Waals surface area contributed by atoms with Gasteiger partial charge >= 0.3 is 5.97 Å². The number of carboxylic acids is 1. The SMILES string of the molecule is COc1ccccc1CC(C)NC(=O)CC(C)CC(=O)O. The molecular formula is C16H23NO4. The lowest BCUT2D eigenvalue weighted by molar-refractivity contribution is -0.138. The van der Waals surface area contributed by atoms with Crippen molar-refractivity contribution in [1.82, 2.24) is 5.32 Å². The minimum atomic E-state index is -0.877. The van der Waals surface area contributed by atoms with Crippen molar-refractivity contribution in [3.05, 3.63) is 29.8 Å². The van der Waals surface area contributed by atoms with Crippen LogP contribution >= 0.6 is 0 Å². The molecule has 116 valence electrons. The van der Waals surface area contributed by atoms with Crippen LogP contribution in [0.4, 0.5) is 0 Å². The van der Waals surface area contributed by atoms with E-state index in [2.05, 4.69) is 5.32 Å². The molecule has 0 radical (unpaired) electrons. The van der Waals surface area contributed by atoms with Gasteiger partial charge in [-0.15, -0.1) is 0 Å². The van der Waals surface area contributed by atoms with Gasteiger partial charge in [0.2, 0.25) is 5.91 Å². The van der Waals surface area contributed by atoms with Gasteiger partial charge in [-0.3, -0.25) is 9.59 Å². The average molecular weight is 293 g/mol. The van der Waals surface area contributed by atoms with Crippen LogP contribution in [0.3, 0.4) is 0 Å². The van der Waals surface area contributed by atoms with Crippen molar-refractivity contribution in [2.45, 2.75) is 39.2 Å². The molecule has 2 atom stereocenters. The summed E-state index contributed by atoms with van der Waals surface area (Å²) in [6.07, 6.45) is 0.903. The van der Waals surface area contributed by atoms with E-state index in [0.717, 1.165) is 11.3 Å². The largest absolute Gasteiger partial charge is 0.496 e. The molecule has 0 aliphatic carbocycles. The third-order valence-corrected chi connectivity index (χ3v) is 3.18. The molecule has 0 saturated carbocycles. The highest BCUT2D eigenvalue weighted by Crippen LogP contribution is 2.19. The maximum atomic E-state index is 11.9. The topological polar surface area (TPSA) is 75.6 Å². The van der Waals surface area contributed by atoms with E-state index in [9.17, 15) is 9.59 Å². The quantitative estimate of drug-likeness (QED) is 0.770. The minimum Gasteiger partial charge on any atom is -0.496 e. The zero-order chi connectivity index (χ0) is 15.8. The molecule has 0 aliphatic rings. The van der Waals surface area contributed by atoms with Crippen LogP contribution in [0.5, 0.6) is 5.75 Å². The van der Waals surface area contributed by atoms with Crippen LogP contribution in [0.1, 0.15) is 32.3 Å². The number of nitrogens with one attached hydrogen (secondary N) is 1. The first-order valence-electron chi connectivity index (χ1n) is 7.05. The average Bonchev–Trinajstić information content (AvgIpc) is 2.37. The number of hydrogen-bond acceptors (Lipinski definition) is 3. The second kappa shape index (κ2) is 8.29. The number of carbonyl (C=O) groups is 2. The standard InChI is InChI=1S/C16H23NO4/c1-11(9-16(19)20)8-15(18)17-12(2)10-13-6-4-5-7-14(13)21-3/h4-7,11-12H,8-10H2,1-3H3,(H,17,18)(H,19,20). The van der Waals surface area contributed by atoms with Crippen LogP contribution in [0, 0.1) is 5.92 Å². The number of carbonyl (C=O) groups excluding carboxylic acids is 1. The fourth-order valence-corrected chi connectivity index (χ4v) is 2.27. The summed E-state index contributed by atoms with van der Waals surface area (Å²) in [5.74, 6) is -0.359. The van der Waals surface area contributed by atoms with E-state index in [1.165, 1.54) is 0 Å². The molecule has 2 N–H and O–H groups in total. The summed E-state index contributed by atoms with van der Waals surface area (Å²) in [6.45, 7) is 3.69. The van der Waals surface area contributed by atoms with Crippen LogP contribution in [-0.2, 0) is 16.0 Å². The van der Waals surface area contributed by atoms with Gasteiger partial charge in [-0.25, -0.2) is 0 Å². The molecule has 1 amide bonds. The van der Waals surface area contributed by atoms with E-state index in [-0.39, 0.29) is 30.7 Å². The molecule has 1 aromatic carbocycles. The monoisotopic (exact) mass is 293 g/mol. The van der Waals surface area contributed by atoms with E-state index in [0.29, 0.717) is 6.42 Å². The third-order valence-electron chi connectivity index (χ3n) is 3.18. The van der Waals surface area contributed by atoms with E-state index < -0.39 is 5.97 Å². The highest BCUT2D eigenvalue weighted by molar-refractivity contribution is 5.77. The summed E-state index contributed by atoms with van der Waals surface area (Å²) >= 11 is 0. The van der Waals surface area contributed by atoms with Gasteiger partial charge in [-0.05, 0) is 30.9 Å². The lowest BCUT2D eigenvalue weighted by Gasteiger charge is -2.17. The first-order chi connectivity index (χ1) is 9.92. The summed E-state index contributed by atoms with van der Waals surface area (Å²) in [5, 5.41) is 11.6. The zero-order valence-corrected chi connectivity index (χ0v) is 12.8. The Kier molecular flexibility index (Phi) is 6.72. The lowest BCUT2D eigenvalue weighted by atomic mass is 10.0. The van der Waals surface area contributed by atoms with Crippen LogP contribution < -0.4 is 10.1 Å². The predicted octanol–water partition coefficient (Wildman–Crippen LogP) is 2.24. The minimum absolute atomic E-state index is 0.00824. The molecule has 0 spiro atoms. The molecule has 0 heterocycles. The van der Waals surface area contributed by atoms with Gasteiger partial charge in [0.1, 0.15) is 5.75 Å². The molecule has 21 heavy (non-hydrogen) atoms. The Labute approximate surface area is 125 Å².